The number of aromatic nitrogens is 4. The van der Waals surface area contributed by atoms with Gasteiger partial charge in [0.05, 0.1) is 6.42 Å². The maximum Gasteiger partial charge on any atom is 0.227 e. The molecule has 1 aromatic carbocycles. The summed E-state index contributed by atoms with van der Waals surface area (Å²) >= 11 is 0. The van der Waals surface area contributed by atoms with Crippen LogP contribution in [0.4, 0.5) is 8.78 Å². The summed E-state index contributed by atoms with van der Waals surface area (Å²) in [5.41, 5.74) is 0.934. The van der Waals surface area contributed by atoms with Crippen LogP contribution >= 0.6 is 0 Å². The first-order valence-corrected chi connectivity index (χ1v) is 7.14. The van der Waals surface area contributed by atoms with Gasteiger partial charge in [-0.3, -0.25) is 14.9 Å². The Kier molecular flexibility index (Phi) is 4.55. The van der Waals surface area contributed by atoms with Gasteiger partial charge in [0.2, 0.25) is 5.91 Å². The number of halogens is 2. The monoisotopic (exact) mass is 329 g/mol. The van der Waals surface area contributed by atoms with Crippen LogP contribution in [0.15, 0.2) is 42.6 Å². The number of nitrogens with one attached hydrogen (secondary N) is 2. The fourth-order valence-corrected chi connectivity index (χ4v) is 2.11. The third-order valence-electron chi connectivity index (χ3n) is 3.17. The molecule has 0 radical (unpaired) electrons. The molecule has 0 atom stereocenters. The van der Waals surface area contributed by atoms with Crippen molar-refractivity contribution in [3.63, 3.8) is 0 Å². The van der Waals surface area contributed by atoms with Crippen molar-refractivity contribution in [2.45, 2.75) is 13.0 Å². The number of benzene rings is 1. The van der Waals surface area contributed by atoms with E-state index >= 15 is 0 Å². The van der Waals surface area contributed by atoms with Gasteiger partial charge >= 0.3 is 0 Å². The van der Waals surface area contributed by atoms with Gasteiger partial charge < -0.3 is 5.32 Å². The molecule has 24 heavy (non-hydrogen) atoms. The molecule has 6 nitrogen and oxygen atoms in total. The van der Waals surface area contributed by atoms with Crippen molar-refractivity contribution in [2.75, 3.05) is 0 Å². The van der Waals surface area contributed by atoms with Gasteiger partial charge in [0, 0.05) is 18.8 Å². The van der Waals surface area contributed by atoms with Crippen molar-refractivity contribution < 1.29 is 13.6 Å². The van der Waals surface area contributed by atoms with E-state index < -0.39 is 11.6 Å². The number of rotatable bonds is 5. The zero-order chi connectivity index (χ0) is 16.9. The average Bonchev–Trinajstić information content (AvgIpc) is 3.01. The Hall–Kier alpha value is -3.16. The summed E-state index contributed by atoms with van der Waals surface area (Å²) < 4.78 is 26.2. The van der Waals surface area contributed by atoms with Crippen molar-refractivity contribution in [2.24, 2.45) is 0 Å². The Balaban J connectivity index is 1.58. The first-order valence-electron chi connectivity index (χ1n) is 7.14. The lowest BCUT2D eigenvalue weighted by Gasteiger charge is -2.04. The smallest absolute Gasteiger partial charge is 0.227 e. The summed E-state index contributed by atoms with van der Waals surface area (Å²) in [7, 11) is 0. The number of carbonyl (C=O) groups excluding carboxylic acids is 1. The molecule has 0 saturated heterocycles. The largest absolute Gasteiger partial charge is 0.352 e. The zero-order valence-electron chi connectivity index (χ0n) is 12.5. The molecule has 0 saturated carbocycles. The van der Waals surface area contributed by atoms with Crippen LogP contribution in [-0.2, 0) is 17.8 Å². The second-order valence-corrected chi connectivity index (χ2v) is 5.05. The third-order valence-corrected chi connectivity index (χ3v) is 3.17. The molecule has 122 valence electrons. The number of amides is 1. The van der Waals surface area contributed by atoms with E-state index in [0.717, 1.165) is 18.2 Å². The molecule has 3 aromatic rings. The van der Waals surface area contributed by atoms with Gasteiger partial charge in [-0.25, -0.2) is 13.8 Å². The van der Waals surface area contributed by atoms with Crippen LogP contribution in [0.25, 0.3) is 11.5 Å². The van der Waals surface area contributed by atoms with Crippen molar-refractivity contribution >= 4 is 5.91 Å². The summed E-state index contributed by atoms with van der Waals surface area (Å²) in [6.45, 7) is 0.0226. The minimum absolute atomic E-state index is 0.0226. The fraction of sp³-hybridized carbons (Fsp3) is 0.125. The van der Waals surface area contributed by atoms with Crippen LogP contribution in [0.1, 0.15) is 11.4 Å². The Bertz CT molecular complexity index is 830. The van der Waals surface area contributed by atoms with Gasteiger partial charge in [0.25, 0.3) is 0 Å². The van der Waals surface area contributed by atoms with E-state index in [-0.39, 0.29) is 18.9 Å². The van der Waals surface area contributed by atoms with Gasteiger partial charge in [-0.2, -0.15) is 5.10 Å². The predicted molar refractivity (Wildman–Crippen MR) is 81.5 cm³/mol. The molecular formula is C16H13F2N5O. The molecule has 0 spiro atoms. The van der Waals surface area contributed by atoms with Crippen molar-refractivity contribution in [3.8, 4) is 11.5 Å². The van der Waals surface area contributed by atoms with E-state index in [4.69, 9.17) is 0 Å². The lowest BCUT2D eigenvalue weighted by atomic mass is 10.2. The van der Waals surface area contributed by atoms with Gasteiger partial charge in [-0.05, 0) is 29.8 Å². The molecule has 8 heteroatoms. The zero-order valence-corrected chi connectivity index (χ0v) is 12.5. The lowest BCUT2D eigenvalue weighted by molar-refractivity contribution is -0.120. The number of nitrogens with zero attached hydrogens (tertiary/aromatic N) is 3. The molecule has 3 rings (SSSR count). The second-order valence-electron chi connectivity index (χ2n) is 5.05. The van der Waals surface area contributed by atoms with Crippen molar-refractivity contribution in [1.29, 1.82) is 0 Å². The summed E-state index contributed by atoms with van der Waals surface area (Å²) in [5, 5.41) is 9.25. The molecule has 2 heterocycles. The third kappa shape index (κ3) is 3.97. The molecule has 0 aliphatic rings. The van der Waals surface area contributed by atoms with Crippen LogP contribution < -0.4 is 5.32 Å². The molecule has 0 aliphatic heterocycles. The fourth-order valence-electron chi connectivity index (χ4n) is 2.11. The summed E-state index contributed by atoms with van der Waals surface area (Å²) in [5.74, 6) is -0.948. The van der Waals surface area contributed by atoms with Crippen LogP contribution in [0, 0.1) is 11.6 Å². The van der Waals surface area contributed by atoms with E-state index in [1.807, 2.05) is 6.07 Å². The number of hydrogen-bond acceptors (Lipinski definition) is 4. The van der Waals surface area contributed by atoms with E-state index in [1.54, 1.807) is 18.3 Å². The van der Waals surface area contributed by atoms with Crippen LogP contribution in [0.3, 0.4) is 0 Å². The summed E-state index contributed by atoms with van der Waals surface area (Å²) in [6, 6.07) is 8.45. The van der Waals surface area contributed by atoms with Gasteiger partial charge in [0.15, 0.2) is 5.82 Å². The average molecular weight is 329 g/mol. The van der Waals surface area contributed by atoms with Crippen molar-refractivity contribution in [1.82, 2.24) is 25.5 Å². The Morgan fingerprint density at radius 3 is 2.67 bits per heavy atom. The molecule has 0 bridgehead atoms. The first kappa shape index (κ1) is 15.7. The minimum atomic E-state index is -0.686. The van der Waals surface area contributed by atoms with Crippen LogP contribution in [0.5, 0.6) is 0 Å². The number of H-pyrrole nitrogens is 1. The van der Waals surface area contributed by atoms with Gasteiger partial charge in [0.1, 0.15) is 23.2 Å². The number of aromatic amines is 1. The van der Waals surface area contributed by atoms with Crippen molar-refractivity contribution in [3.05, 3.63) is 65.6 Å². The minimum Gasteiger partial charge on any atom is -0.352 e. The Labute approximate surface area is 136 Å². The number of hydrogen-bond donors (Lipinski definition) is 2. The van der Waals surface area contributed by atoms with Crippen LogP contribution in [-0.4, -0.2) is 26.1 Å². The topological polar surface area (TPSA) is 83.6 Å². The van der Waals surface area contributed by atoms with E-state index in [2.05, 4.69) is 25.5 Å². The lowest BCUT2D eigenvalue weighted by Crippen LogP contribution is -2.25. The molecule has 1 amide bonds. The number of pyridine rings is 1. The Morgan fingerprint density at radius 2 is 1.96 bits per heavy atom. The molecular weight excluding hydrogens is 316 g/mol. The molecule has 2 aromatic heterocycles. The highest BCUT2D eigenvalue weighted by atomic mass is 19.1. The Morgan fingerprint density at radius 1 is 1.17 bits per heavy atom. The van der Waals surface area contributed by atoms with Gasteiger partial charge in [-0.1, -0.05) is 6.07 Å². The maximum atomic E-state index is 13.1. The highest BCUT2D eigenvalue weighted by Gasteiger charge is 2.11. The highest BCUT2D eigenvalue weighted by Crippen LogP contribution is 2.10. The predicted octanol–water partition coefficient (Wildman–Crippen LogP) is 2.00. The van der Waals surface area contributed by atoms with E-state index in [0.29, 0.717) is 22.9 Å². The van der Waals surface area contributed by atoms with Gasteiger partial charge in [-0.15, -0.1) is 0 Å². The highest BCUT2D eigenvalue weighted by molar-refractivity contribution is 5.77. The molecule has 0 fully saturated rings. The number of carbonyl (C=O) groups is 1. The van der Waals surface area contributed by atoms with Crippen LogP contribution in [0.2, 0.25) is 0 Å². The molecule has 2 N–H and O–H groups in total. The summed E-state index contributed by atoms with van der Waals surface area (Å²) in [4.78, 5) is 20.2. The molecule has 0 aliphatic carbocycles. The standard InChI is InChI=1S/C16H13F2N5O/c17-11-5-10(6-12(18)7-11)9-20-15(24)8-14-21-16(23-22-14)13-3-1-2-4-19-13/h1-7H,8-9H2,(H,20,24)(H,21,22,23). The molecule has 0 unspecified atom stereocenters. The maximum absolute atomic E-state index is 13.1. The van der Waals surface area contributed by atoms with E-state index in [9.17, 15) is 13.6 Å². The normalized spacial score (nSPS) is 10.6. The first-order chi connectivity index (χ1) is 11.6. The van der Waals surface area contributed by atoms with E-state index in [1.165, 1.54) is 0 Å². The second kappa shape index (κ2) is 6.95. The SMILES string of the molecule is O=C(Cc1nc(-c2ccccn2)n[nH]1)NCc1cc(F)cc(F)c1. The quantitative estimate of drug-likeness (QED) is 0.750. The summed E-state index contributed by atoms with van der Waals surface area (Å²) in [6.07, 6.45) is 1.59.